The van der Waals surface area contributed by atoms with Crippen LogP contribution in [0.1, 0.15) is 30.0 Å². The first kappa shape index (κ1) is 14.7. The fraction of sp³-hybridized carbons (Fsp3) is 0.357. The van der Waals surface area contributed by atoms with E-state index in [0.29, 0.717) is 5.92 Å². The predicted molar refractivity (Wildman–Crippen MR) is 80.9 cm³/mol. The van der Waals surface area contributed by atoms with E-state index in [1.165, 1.54) is 17.7 Å². The molecule has 3 heterocycles. The van der Waals surface area contributed by atoms with Gasteiger partial charge in [0.05, 0.1) is 18.6 Å². The first-order chi connectivity index (χ1) is 9.75. The highest BCUT2D eigenvalue weighted by molar-refractivity contribution is 9.18. The van der Waals surface area contributed by atoms with Crippen molar-refractivity contribution in [2.24, 2.45) is 17.0 Å². The van der Waals surface area contributed by atoms with E-state index in [-0.39, 0.29) is 12.4 Å². The Morgan fingerprint density at radius 3 is 3.14 bits per heavy atom. The molecule has 0 saturated heterocycles. The third-order valence-electron chi connectivity index (χ3n) is 4.24. The zero-order valence-electron chi connectivity index (χ0n) is 11.6. The second-order valence-corrected chi connectivity index (χ2v) is 6.08. The van der Waals surface area contributed by atoms with Crippen LogP contribution in [-0.2, 0) is 13.5 Å². The summed E-state index contributed by atoms with van der Waals surface area (Å²) < 4.78 is 2.92. The molecule has 0 amide bonds. The number of allylic oxidation sites excluding steroid dienone is 2. The van der Waals surface area contributed by atoms with E-state index in [1.807, 2.05) is 36.5 Å². The van der Waals surface area contributed by atoms with Crippen molar-refractivity contribution in [3.8, 4) is 0 Å². The third-order valence-corrected chi connectivity index (χ3v) is 4.85. The fourth-order valence-corrected chi connectivity index (χ4v) is 3.80. The zero-order valence-corrected chi connectivity index (χ0v) is 13.9. The van der Waals surface area contributed by atoms with Gasteiger partial charge in [0.15, 0.2) is 5.70 Å². The van der Waals surface area contributed by atoms with Crippen molar-refractivity contribution in [1.29, 1.82) is 0 Å². The average molecular weight is 369 g/mol. The van der Waals surface area contributed by atoms with Crippen LogP contribution in [0, 0.1) is 0 Å². The van der Waals surface area contributed by atoms with E-state index in [2.05, 4.69) is 26.0 Å². The van der Waals surface area contributed by atoms with Crippen LogP contribution in [-0.4, -0.2) is 20.7 Å². The predicted octanol–water partition coefficient (Wildman–Crippen LogP) is -1.74. The second-order valence-electron chi connectivity index (χ2n) is 5.32. The summed E-state index contributed by atoms with van der Waals surface area (Å²) in [5.41, 5.74) is 4.96. The summed E-state index contributed by atoms with van der Waals surface area (Å²) in [5, 5.41) is 4.42. The quantitative estimate of drug-likeness (QED) is 0.588. The Kier molecular flexibility index (Phi) is 3.86. The van der Waals surface area contributed by atoms with Gasteiger partial charge in [-0.2, -0.15) is 10.1 Å². The summed E-state index contributed by atoms with van der Waals surface area (Å²) in [6, 6.07) is 0. The molecule has 7 heteroatoms. The number of nitrogens with one attached hydrogen (secondary N) is 1. The maximum atomic E-state index is 4.76. The van der Waals surface area contributed by atoms with Gasteiger partial charge >= 0.3 is 0 Å². The molecular weight excluding hydrogens is 354 g/mol. The number of halogens is 2. The van der Waals surface area contributed by atoms with E-state index < -0.39 is 0 Å². The van der Waals surface area contributed by atoms with Crippen LogP contribution >= 0.6 is 15.9 Å². The van der Waals surface area contributed by atoms with Gasteiger partial charge in [-0.1, -0.05) is 0 Å². The Hall–Kier alpha value is -1.24. The van der Waals surface area contributed by atoms with Gasteiger partial charge < -0.3 is 12.4 Å². The van der Waals surface area contributed by atoms with Crippen LogP contribution in [0.15, 0.2) is 40.0 Å². The zero-order chi connectivity index (χ0) is 13.7. The van der Waals surface area contributed by atoms with Gasteiger partial charge in [-0.25, -0.2) is 4.90 Å². The lowest BCUT2D eigenvalue weighted by atomic mass is 9.84. The summed E-state index contributed by atoms with van der Waals surface area (Å²) in [4.78, 5) is 10.2. The molecule has 0 fully saturated rings. The van der Waals surface area contributed by atoms with Gasteiger partial charge in [0, 0.05) is 40.2 Å². The van der Waals surface area contributed by atoms with Crippen LogP contribution in [0.5, 0.6) is 0 Å². The van der Waals surface area contributed by atoms with Crippen LogP contribution in [0.2, 0.25) is 0 Å². The molecule has 2 unspecified atom stereocenters. The topological polar surface area (TPSA) is 47.0 Å². The van der Waals surface area contributed by atoms with Crippen molar-refractivity contribution >= 4 is 26.9 Å². The molecule has 0 bridgehead atoms. The van der Waals surface area contributed by atoms with Crippen molar-refractivity contribution in [3.63, 3.8) is 0 Å². The van der Waals surface area contributed by atoms with Crippen molar-refractivity contribution < 1.29 is 17.3 Å². The van der Waals surface area contributed by atoms with Gasteiger partial charge in [-0.15, -0.1) is 0 Å². The molecule has 0 radical (unpaired) electrons. The van der Waals surface area contributed by atoms with E-state index >= 15 is 0 Å². The van der Waals surface area contributed by atoms with Gasteiger partial charge in [0.1, 0.15) is 11.9 Å². The van der Waals surface area contributed by atoms with E-state index in [0.717, 1.165) is 33.9 Å². The molecule has 110 valence electrons. The van der Waals surface area contributed by atoms with Crippen molar-refractivity contribution in [2.45, 2.75) is 25.2 Å². The number of hydrogen-bond donors (Lipinski definition) is 1. The lowest BCUT2D eigenvalue weighted by molar-refractivity contribution is -0.685. The monoisotopic (exact) mass is 367 g/mol. The van der Waals surface area contributed by atoms with Crippen molar-refractivity contribution in [1.82, 2.24) is 9.78 Å². The first-order valence-corrected chi connectivity index (χ1v) is 7.61. The molecule has 1 aliphatic carbocycles. The minimum absolute atomic E-state index is 0. The number of amidine groups is 1. The van der Waals surface area contributed by atoms with Gasteiger partial charge in [0.2, 0.25) is 0 Å². The highest BCUT2D eigenvalue weighted by Crippen LogP contribution is 2.38. The number of aryl methyl sites for hydroxylation is 1. The average Bonchev–Trinajstić information content (AvgIpc) is 3.01. The standard InChI is InChI=1S/C14H14BrN5.ClH/c1-19-11-4-2-3-9(10(11)7-17-19)13-12-8-16-5-6-20(12)14(15)18-13;/h5-9H,2-4H2,1H3;1H. The summed E-state index contributed by atoms with van der Waals surface area (Å²) >= 11 is 3.57. The Bertz CT molecular complexity index is 700. The molecule has 0 aromatic carbocycles. The molecule has 2 atom stereocenters. The van der Waals surface area contributed by atoms with Crippen molar-refractivity contribution in [2.75, 3.05) is 0 Å². The molecular formula is C14H15BrClN5. The Morgan fingerprint density at radius 2 is 2.29 bits per heavy atom. The van der Waals surface area contributed by atoms with Gasteiger partial charge in [-0.3, -0.25) is 9.67 Å². The molecule has 21 heavy (non-hydrogen) atoms. The highest BCUT2D eigenvalue weighted by atomic mass is 79.9. The Balaban J connectivity index is 0.00000132. The molecule has 0 spiro atoms. The SMILES string of the molecule is Cn1ncc2c1CCCC2C1=C2C=NC=C[NH+]2C(Br)=N1.[Cl-]. The molecule has 2 aliphatic heterocycles. The van der Waals surface area contributed by atoms with Crippen molar-refractivity contribution in [3.05, 3.63) is 41.2 Å². The molecule has 1 N–H and O–H groups in total. The van der Waals surface area contributed by atoms with Gasteiger partial charge in [0.25, 0.3) is 4.74 Å². The van der Waals surface area contributed by atoms with E-state index in [9.17, 15) is 0 Å². The largest absolute Gasteiger partial charge is 1.00 e. The second kappa shape index (κ2) is 5.51. The Morgan fingerprint density at radius 1 is 1.43 bits per heavy atom. The maximum absolute atomic E-state index is 4.76. The molecule has 3 aliphatic rings. The van der Waals surface area contributed by atoms with Crippen LogP contribution in [0.4, 0.5) is 0 Å². The van der Waals surface area contributed by atoms with Crippen LogP contribution in [0.3, 0.4) is 0 Å². The van der Waals surface area contributed by atoms with E-state index in [4.69, 9.17) is 4.99 Å². The molecule has 0 saturated carbocycles. The third kappa shape index (κ3) is 2.22. The molecule has 4 rings (SSSR count). The summed E-state index contributed by atoms with van der Waals surface area (Å²) in [7, 11) is 2.02. The normalized spacial score (nSPS) is 26.3. The lowest BCUT2D eigenvalue weighted by Gasteiger charge is -2.22. The number of nitrogens with zero attached hydrogens (tertiary/aromatic N) is 4. The minimum atomic E-state index is 0. The highest BCUT2D eigenvalue weighted by Gasteiger charge is 2.37. The lowest BCUT2D eigenvalue weighted by Crippen LogP contribution is -3.07. The van der Waals surface area contributed by atoms with Crippen LogP contribution < -0.4 is 17.3 Å². The number of aromatic nitrogens is 2. The number of quaternary nitrogens is 1. The summed E-state index contributed by atoms with van der Waals surface area (Å²) in [5.74, 6) is 0.338. The minimum Gasteiger partial charge on any atom is -1.00 e. The Labute approximate surface area is 137 Å². The number of fused-ring (bicyclic) bond motifs is 2. The summed E-state index contributed by atoms with van der Waals surface area (Å²) in [6.45, 7) is 0. The summed E-state index contributed by atoms with van der Waals surface area (Å²) in [6.07, 6.45) is 11.2. The first-order valence-electron chi connectivity index (χ1n) is 6.82. The smallest absolute Gasteiger partial charge is 0.279 e. The number of aliphatic imine (C=N–C) groups is 2. The fourth-order valence-electron chi connectivity index (χ4n) is 3.26. The van der Waals surface area contributed by atoms with E-state index in [1.54, 1.807) is 0 Å². The maximum Gasteiger partial charge on any atom is 0.279 e. The number of hydrogen-bond acceptors (Lipinski definition) is 3. The molecule has 5 nitrogen and oxygen atoms in total. The molecule has 1 aromatic heterocycles. The number of rotatable bonds is 1. The van der Waals surface area contributed by atoms with Gasteiger partial charge in [-0.05, 0) is 19.3 Å². The van der Waals surface area contributed by atoms with Crippen LogP contribution in [0.25, 0.3) is 0 Å². The molecule has 1 aromatic rings.